The number of nitrogens with one attached hydrogen (secondary N) is 1. The molecule has 12 heavy (non-hydrogen) atoms. The van der Waals surface area contributed by atoms with E-state index in [9.17, 15) is 0 Å². The number of hydrogen-bond acceptors (Lipinski definition) is 2. The Morgan fingerprint density at radius 3 is 2.50 bits per heavy atom. The van der Waals surface area contributed by atoms with Gasteiger partial charge in [-0.2, -0.15) is 0 Å². The third-order valence-corrected chi connectivity index (χ3v) is 1.88. The lowest BCUT2D eigenvalue weighted by Crippen LogP contribution is -2.01. The summed E-state index contributed by atoms with van der Waals surface area (Å²) in [4.78, 5) is 0. The normalized spacial score (nSPS) is 13.3. The van der Waals surface area contributed by atoms with Crippen LogP contribution in [-0.4, -0.2) is 13.6 Å². The molecule has 3 N–H and O–H groups in total. The van der Waals surface area contributed by atoms with Crippen LogP contribution in [0.4, 0.5) is 0 Å². The van der Waals surface area contributed by atoms with Gasteiger partial charge in [0.1, 0.15) is 0 Å². The van der Waals surface area contributed by atoms with Gasteiger partial charge in [-0.3, -0.25) is 0 Å². The minimum absolute atomic E-state index is 0.742. The third-order valence-electron chi connectivity index (χ3n) is 1.88. The minimum Gasteiger partial charge on any atom is -0.392 e. The zero-order chi connectivity index (χ0) is 9.40. The molecule has 0 bridgehead atoms. The van der Waals surface area contributed by atoms with Gasteiger partial charge in [0.25, 0.3) is 0 Å². The van der Waals surface area contributed by atoms with E-state index in [1.165, 1.54) is 11.3 Å². The predicted octanol–water partition coefficient (Wildman–Crippen LogP) is 1.79. The van der Waals surface area contributed by atoms with E-state index in [0.717, 1.165) is 19.4 Å². The number of allylic oxidation sites excluding steroid dienone is 3. The van der Waals surface area contributed by atoms with Crippen LogP contribution < -0.4 is 11.1 Å². The Morgan fingerprint density at radius 2 is 2.08 bits per heavy atom. The Hall–Kier alpha value is -0.760. The van der Waals surface area contributed by atoms with E-state index in [1.807, 2.05) is 14.0 Å². The first-order valence-electron chi connectivity index (χ1n) is 4.48. The van der Waals surface area contributed by atoms with Crippen LogP contribution in [-0.2, 0) is 0 Å². The van der Waals surface area contributed by atoms with Crippen LogP contribution in [0.15, 0.2) is 23.4 Å². The lowest BCUT2D eigenvalue weighted by molar-refractivity contribution is 0.892. The topological polar surface area (TPSA) is 38.0 Å². The largest absolute Gasteiger partial charge is 0.392 e. The van der Waals surface area contributed by atoms with Crippen molar-refractivity contribution >= 4 is 0 Å². The Kier molecular flexibility index (Phi) is 6.48. The molecule has 0 unspecified atom stereocenters. The van der Waals surface area contributed by atoms with Gasteiger partial charge >= 0.3 is 0 Å². The van der Waals surface area contributed by atoms with Crippen molar-refractivity contribution in [3.63, 3.8) is 0 Å². The van der Waals surface area contributed by atoms with Gasteiger partial charge < -0.3 is 11.1 Å². The molecule has 0 spiro atoms. The second-order valence-corrected chi connectivity index (χ2v) is 2.82. The van der Waals surface area contributed by atoms with Crippen molar-refractivity contribution < 1.29 is 0 Å². The van der Waals surface area contributed by atoms with E-state index in [1.54, 1.807) is 0 Å². The molecule has 2 nitrogen and oxygen atoms in total. The van der Waals surface area contributed by atoms with E-state index < -0.39 is 0 Å². The fourth-order valence-corrected chi connectivity index (χ4v) is 0.890. The molecule has 0 aromatic heterocycles. The summed E-state index contributed by atoms with van der Waals surface area (Å²) in [6, 6.07) is 0. The van der Waals surface area contributed by atoms with Crippen molar-refractivity contribution in [1.82, 2.24) is 5.32 Å². The summed E-state index contributed by atoms with van der Waals surface area (Å²) in [6.45, 7) is 4.95. The molecular weight excluding hydrogens is 148 g/mol. The first kappa shape index (κ1) is 11.2. The number of nitrogens with two attached hydrogens (primary N) is 1. The van der Waals surface area contributed by atoms with Gasteiger partial charge in [-0.15, -0.1) is 0 Å². The van der Waals surface area contributed by atoms with E-state index >= 15 is 0 Å². The zero-order valence-corrected chi connectivity index (χ0v) is 8.35. The molecule has 0 rings (SSSR count). The highest BCUT2D eigenvalue weighted by Gasteiger charge is 1.89. The van der Waals surface area contributed by atoms with Crippen molar-refractivity contribution in [3.8, 4) is 0 Å². The van der Waals surface area contributed by atoms with Crippen LogP contribution in [0.25, 0.3) is 0 Å². The quantitative estimate of drug-likeness (QED) is 0.614. The second-order valence-electron chi connectivity index (χ2n) is 2.82. The smallest absolute Gasteiger partial charge is 0.00724 e. The first-order chi connectivity index (χ1) is 5.74. The highest BCUT2D eigenvalue weighted by molar-refractivity contribution is 5.15. The van der Waals surface area contributed by atoms with Crippen LogP contribution in [0.1, 0.15) is 26.7 Å². The summed E-state index contributed by atoms with van der Waals surface area (Å²) < 4.78 is 0. The van der Waals surface area contributed by atoms with E-state index in [4.69, 9.17) is 5.73 Å². The highest BCUT2D eigenvalue weighted by atomic mass is 14.8. The molecule has 0 aromatic rings. The average molecular weight is 168 g/mol. The molecule has 0 fully saturated rings. The molecule has 0 amide bonds. The number of hydrogen-bond donors (Lipinski definition) is 2. The zero-order valence-electron chi connectivity index (χ0n) is 8.35. The molecule has 0 saturated heterocycles. The van der Waals surface area contributed by atoms with Gasteiger partial charge in [0.15, 0.2) is 0 Å². The average Bonchev–Trinajstić information content (AvgIpc) is 2.11. The van der Waals surface area contributed by atoms with Crippen LogP contribution in [0.5, 0.6) is 0 Å². The lowest BCUT2D eigenvalue weighted by atomic mass is 10.1. The lowest BCUT2D eigenvalue weighted by Gasteiger charge is -2.00. The van der Waals surface area contributed by atoms with Crippen LogP contribution in [0, 0.1) is 0 Å². The molecule has 2 heteroatoms. The van der Waals surface area contributed by atoms with E-state index in [2.05, 4.69) is 24.4 Å². The van der Waals surface area contributed by atoms with Gasteiger partial charge in [0.2, 0.25) is 0 Å². The van der Waals surface area contributed by atoms with Crippen molar-refractivity contribution in [3.05, 3.63) is 23.4 Å². The van der Waals surface area contributed by atoms with Gasteiger partial charge in [0.05, 0.1) is 0 Å². The number of rotatable bonds is 5. The van der Waals surface area contributed by atoms with Crippen LogP contribution in [0.2, 0.25) is 0 Å². The molecule has 0 aliphatic carbocycles. The van der Waals surface area contributed by atoms with Gasteiger partial charge in [-0.1, -0.05) is 18.6 Å². The van der Waals surface area contributed by atoms with E-state index in [-0.39, 0.29) is 0 Å². The predicted molar refractivity (Wildman–Crippen MR) is 54.9 cm³/mol. The second kappa shape index (κ2) is 6.92. The van der Waals surface area contributed by atoms with Gasteiger partial charge in [-0.25, -0.2) is 0 Å². The Balaban J connectivity index is 4.09. The Morgan fingerprint density at radius 1 is 1.42 bits per heavy atom. The van der Waals surface area contributed by atoms with Crippen molar-refractivity contribution in [1.29, 1.82) is 0 Å². The monoisotopic (exact) mass is 168 g/mol. The standard InChI is InChI=1S/C10H20N2/c1-4-10(7-8-11)6-5-9(2)12-3/h5-6,12H,4,7-8,11H2,1-3H3/b9-5+,10-6-. The summed E-state index contributed by atoms with van der Waals surface area (Å²) in [6.07, 6.45) is 6.34. The van der Waals surface area contributed by atoms with Crippen molar-refractivity contribution in [2.24, 2.45) is 5.73 Å². The SMILES string of the molecule is CC/C(=C/C=C(\C)NC)CCN. The molecule has 0 radical (unpaired) electrons. The molecule has 0 heterocycles. The maximum absolute atomic E-state index is 5.47. The van der Waals surface area contributed by atoms with Crippen LogP contribution in [0.3, 0.4) is 0 Å². The molecule has 0 atom stereocenters. The van der Waals surface area contributed by atoms with Crippen molar-refractivity contribution in [2.45, 2.75) is 26.7 Å². The maximum atomic E-state index is 5.47. The summed E-state index contributed by atoms with van der Waals surface area (Å²) in [5.41, 5.74) is 8.05. The molecule has 0 aromatic carbocycles. The summed E-state index contributed by atoms with van der Waals surface area (Å²) in [5, 5.41) is 3.07. The maximum Gasteiger partial charge on any atom is 0.00724 e. The molecular formula is C10H20N2. The molecule has 0 aliphatic heterocycles. The fourth-order valence-electron chi connectivity index (χ4n) is 0.890. The van der Waals surface area contributed by atoms with Crippen LogP contribution >= 0.6 is 0 Å². The molecule has 70 valence electrons. The van der Waals surface area contributed by atoms with E-state index in [0.29, 0.717) is 0 Å². The summed E-state index contributed by atoms with van der Waals surface area (Å²) >= 11 is 0. The third kappa shape index (κ3) is 4.97. The summed E-state index contributed by atoms with van der Waals surface area (Å²) in [5.74, 6) is 0. The minimum atomic E-state index is 0.742. The Bertz CT molecular complexity index is 169. The summed E-state index contributed by atoms with van der Waals surface area (Å²) in [7, 11) is 1.92. The highest BCUT2D eigenvalue weighted by Crippen LogP contribution is 2.05. The Labute approximate surface area is 75.5 Å². The molecule has 0 saturated carbocycles. The van der Waals surface area contributed by atoms with Crippen molar-refractivity contribution in [2.75, 3.05) is 13.6 Å². The fraction of sp³-hybridized carbons (Fsp3) is 0.600. The van der Waals surface area contributed by atoms with Gasteiger partial charge in [0, 0.05) is 12.7 Å². The molecule has 0 aliphatic rings. The first-order valence-corrected chi connectivity index (χ1v) is 4.48. The van der Waals surface area contributed by atoms with Gasteiger partial charge in [-0.05, 0) is 32.4 Å².